The molecule has 0 aliphatic heterocycles. The van der Waals surface area contributed by atoms with E-state index in [2.05, 4.69) is 10.4 Å². The van der Waals surface area contributed by atoms with Crippen molar-refractivity contribution >= 4 is 17.4 Å². The van der Waals surface area contributed by atoms with Gasteiger partial charge in [-0.3, -0.25) is 24.3 Å². The van der Waals surface area contributed by atoms with Gasteiger partial charge >= 0.3 is 0 Å². The van der Waals surface area contributed by atoms with Crippen LogP contribution in [0.1, 0.15) is 5.69 Å². The lowest BCUT2D eigenvalue weighted by Crippen LogP contribution is -2.27. The van der Waals surface area contributed by atoms with Crippen LogP contribution in [-0.4, -0.2) is 25.2 Å². The van der Waals surface area contributed by atoms with Crippen LogP contribution in [0.2, 0.25) is 0 Å². The number of nitrogens with zero attached hydrogens (tertiary/aromatic N) is 4. The van der Waals surface area contributed by atoms with Gasteiger partial charge in [-0.1, -0.05) is 0 Å². The summed E-state index contributed by atoms with van der Waals surface area (Å²) in [5.41, 5.74) is 0.308. The molecule has 0 radical (unpaired) electrons. The second-order valence-electron chi connectivity index (χ2n) is 5.72. The minimum Gasteiger partial charge on any atom is -0.309 e. The molecule has 0 saturated carbocycles. The first-order valence-electron chi connectivity index (χ1n) is 7.81. The number of hydrogen-bond acceptors (Lipinski definition) is 5. The molecule has 10 heteroatoms. The summed E-state index contributed by atoms with van der Waals surface area (Å²) >= 11 is 0. The minimum absolute atomic E-state index is 0.297. The van der Waals surface area contributed by atoms with Crippen molar-refractivity contribution in [3.8, 4) is 5.69 Å². The van der Waals surface area contributed by atoms with Crippen LogP contribution in [0.5, 0.6) is 0 Å². The summed E-state index contributed by atoms with van der Waals surface area (Å²) in [6.07, 6.45) is 1.00. The zero-order valence-electron chi connectivity index (χ0n) is 14.1. The third kappa shape index (κ3) is 4.06. The molecule has 1 amide bonds. The highest BCUT2D eigenvalue weighted by atomic mass is 19.1. The fourth-order valence-corrected chi connectivity index (χ4v) is 2.45. The van der Waals surface area contributed by atoms with Gasteiger partial charge in [0.1, 0.15) is 18.2 Å². The van der Waals surface area contributed by atoms with Gasteiger partial charge < -0.3 is 5.32 Å². The minimum atomic E-state index is -0.652. The van der Waals surface area contributed by atoms with E-state index in [1.54, 1.807) is 13.0 Å². The summed E-state index contributed by atoms with van der Waals surface area (Å²) in [7, 11) is 0. The monoisotopic (exact) mass is 371 g/mol. The van der Waals surface area contributed by atoms with Crippen molar-refractivity contribution in [3.63, 3.8) is 0 Å². The number of hydrogen-bond donors (Lipinski definition) is 1. The van der Waals surface area contributed by atoms with Gasteiger partial charge in [0.15, 0.2) is 0 Å². The third-order valence-corrected chi connectivity index (χ3v) is 3.66. The van der Waals surface area contributed by atoms with E-state index in [1.807, 2.05) is 0 Å². The molecule has 3 aromatic rings. The molecule has 0 fully saturated rings. The normalized spacial score (nSPS) is 10.6. The van der Waals surface area contributed by atoms with Crippen LogP contribution in [0.25, 0.3) is 5.69 Å². The second kappa shape index (κ2) is 7.20. The smallest absolute Gasteiger partial charge is 0.285 e. The van der Waals surface area contributed by atoms with E-state index in [9.17, 15) is 24.1 Å². The van der Waals surface area contributed by atoms with E-state index in [0.29, 0.717) is 17.2 Å². The topological polar surface area (TPSA) is 112 Å². The van der Waals surface area contributed by atoms with E-state index in [4.69, 9.17) is 0 Å². The lowest BCUT2D eigenvalue weighted by Gasteiger charge is -2.10. The number of nitrogens with one attached hydrogen (secondary N) is 1. The second-order valence-corrected chi connectivity index (χ2v) is 5.72. The Kier molecular flexibility index (Phi) is 4.79. The van der Waals surface area contributed by atoms with Gasteiger partial charge in [0.05, 0.1) is 22.5 Å². The summed E-state index contributed by atoms with van der Waals surface area (Å²) < 4.78 is 15.5. The molecule has 0 aliphatic carbocycles. The average Bonchev–Trinajstić information content (AvgIpc) is 2.97. The number of aromatic nitrogens is 3. The first-order valence-corrected chi connectivity index (χ1v) is 7.81. The predicted molar refractivity (Wildman–Crippen MR) is 94.2 cm³/mol. The molecule has 0 saturated heterocycles. The number of carbonyl (C=O) groups is 1. The standard InChI is InChI=1S/C17H14FN5O4/c1-11-8-15(22(20-11)13-4-2-12(18)3-5-13)19-16(24)10-21-9-14(23(26)27)6-7-17(21)25/h2-9H,10H2,1H3,(H,19,24). The van der Waals surface area contributed by atoms with Crippen molar-refractivity contribution in [2.24, 2.45) is 0 Å². The molecule has 0 atom stereocenters. The van der Waals surface area contributed by atoms with Crippen LogP contribution < -0.4 is 10.9 Å². The molecule has 3 rings (SSSR count). The van der Waals surface area contributed by atoms with Gasteiger partial charge in [-0.2, -0.15) is 5.10 Å². The maximum Gasteiger partial charge on any atom is 0.285 e. The fourth-order valence-electron chi connectivity index (χ4n) is 2.45. The molecule has 1 N–H and O–H groups in total. The Bertz CT molecular complexity index is 1070. The number of rotatable bonds is 5. The highest BCUT2D eigenvalue weighted by Gasteiger charge is 2.14. The van der Waals surface area contributed by atoms with Crippen LogP contribution in [0, 0.1) is 22.9 Å². The van der Waals surface area contributed by atoms with Gasteiger partial charge in [-0.15, -0.1) is 0 Å². The quantitative estimate of drug-likeness (QED) is 0.545. The first-order chi connectivity index (χ1) is 12.8. The molecule has 1 aromatic carbocycles. The van der Waals surface area contributed by atoms with Crippen LogP contribution in [0.4, 0.5) is 15.9 Å². The van der Waals surface area contributed by atoms with Crippen molar-refractivity contribution in [2.45, 2.75) is 13.5 Å². The fraction of sp³-hybridized carbons (Fsp3) is 0.118. The van der Waals surface area contributed by atoms with Crippen LogP contribution in [0.15, 0.2) is 53.5 Å². The Morgan fingerprint density at radius 3 is 2.63 bits per heavy atom. The molecular formula is C17H14FN5O4. The van der Waals surface area contributed by atoms with Gasteiger partial charge in [0.2, 0.25) is 5.91 Å². The summed E-state index contributed by atoms with van der Waals surface area (Å²) in [6, 6.07) is 9.24. The Morgan fingerprint density at radius 2 is 1.96 bits per heavy atom. The van der Waals surface area contributed by atoms with E-state index in [0.717, 1.165) is 22.9 Å². The van der Waals surface area contributed by atoms with E-state index in [-0.39, 0.29) is 5.69 Å². The number of nitro groups is 1. The zero-order valence-corrected chi connectivity index (χ0v) is 14.1. The Labute approximate surface area is 151 Å². The van der Waals surface area contributed by atoms with Crippen molar-refractivity contribution < 1.29 is 14.1 Å². The van der Waals surface area contributed by atoms with Crippen molar-refractivity contribution in [1.29, 1.82) is 0 Å². The van der Waals surface area contributed by atoms with Crippen LogP contribution >= 0.6 is 0 Å². The molecule has 0 bridgehead atoms. The average molecular weight is 371 g/mol. The molecule has 0 spiro atoms. The van der Waals surface area contributed by atoms with Crippen LogP contribution in [0.3, 0.4) is 0 Å². The van der Waals surface area contributed by atoms with Crippen LogP contribution in [-0.2, 0) is 11.3 Å². The van der Waals surface area contributed by atoms with E-state index < -0.39 is 28.8 Å². The molecule has 0 unspecified atom stereocenters. The molecular weight excluding hydrogens is 357 g/mol. The maximum absolute atomic E-state index is 13.1. The Morgan fingerprint density at radius 1 is 1.26 bits per heavy atom. The molecule has 2 heterocycles. The third-order valence-electron chi connectivity index (χ3n) is 3.66. The molecule has 2 aromatic heterocycles. The largest absolute Gasteiger partial charge is 0.309 e. The maximum atomic E-state index is 13.1. The molecule has 0 aliphatic rings. The predicted octanol–water partition coefficient (Wildman–Crippen LogP) is 2.03. The van der Waals surface area contributed by atoms with Gasteiger partial charge in [-0.05, 0) is 31.2 Å². The number of amides is 1. The summed E-state index contributed by atoms with van der Waals surface area (Å²) in [4.78, 5) is 34.3. The first kappa shape index (κ1) is 18.0. The van der Waals surface area contributed by atoms with E-state index >= 15 is 0 Å². The zero-order chi connectivity index (χ0) is 19.6. The molecule has 138 valence electrons. The van der Waals surface area contributed by atoms with Crippen molar-refractivity contribution in [2.75, 3.05) is 5.32 Å². The number of benzene rings is 1. The molecule has 9 nitrogen and oxygen atoms in total. The lowest BCUT2D eigenvalue weighted by molar-refractivity contribution is -0.385. The number of carbonyl (C=O) groups excluding carboxylic acids is 1. The number of aryl methyl sites for hydroxylation is 1. The van der Waals surface area contributed by atoms with E-state index in [1.165, 1.54) is 28.9 Å². The number of pyridine rings is 1. The SMILES string of the molecule is Cc1cc(NC(=O)Cn2cc([N+](=O)[O-])ccc2=O)n(-c2ccc(F)cc2)n1. The molecule has 27 heavy (non-hydrogen) atoms. The van der Waals surface area contributed by atoms with Crippen molar-refractivity contribution in [1.82, 2.24) is 14.3 Å². The van der Waals surface area contributed by atoms with Gasteiger partial charge in [-0.25, -0.2) is 9.07 Å². The Balaban J connectivity index is 1.83. The summed E-state index contributed by atoms with van der Waals surface area (Å²) in [6.45, 7) is 1.31. The van der Waals surface area contributed by atoms with Gasteiger partial charge in [0, 0.05) is 18.2 Å². The number of halogens is 1. The Hall–Kier alpha value is -3.82. The van der Waals surface area contributed by atoms with Crippen molar-refractivity contribution in [3.05, 3.63) is 80.6 Å². The highest BCUT2D eigenvalue weighted by Crippen LogP contribution is 2.17. The van der Waals surface area contributed by atoms with Gasteiger partial charge in [0.25, 0.3) is 11.2 Å². The number of anilines is 1. The summed E-state index contributed by atoms with van der Waals surface area (Å²) in [5.74, 6) is -0.651. The highest BCUT2D eigenvalue weighted by molar-refractivity contribution is 5.90. The lowest BCUT2D eigenvalue weighted by atomic mass is 10.3. The summed E-state index contributed by atoms with van der Waals surface area (Å²) in [5, 5.41) is 17.7.